The first-order valence-corrected chi connectivity index (χ1v) is 6.66. The second kappa shape index (κ2) is 5.52. The summed E-state index contributed by atoms with van der Waals surface area (Å²) in [7, 11) is 1.75. The number of anilines is 2. The van der Waals surface area contributed by atoms with Crippen LogP contribution in [-0.4, -0.2) is 36.3 Å². The molecule has 0 spiro atoms. The smallest absolute Gasteiger partial charge is 0.335 e. The third-order valence-electron chi connectivity index (χ3n) is 3.27. The molecule has 1 aromatic carbocycles. The number of aromatic carboxylic acids is 1. The number of rotatable bonds is 4. The van der Waals surface area contributed by atoms with Gasteiger partial charge in [0.05, 0.1) is 16.9 Å². The number of carboxylic acids is 1. The normalized spacial score (nSPS) is 18.7. The van der Waals surface area contributed by atoms with E-state index >= 15 is 0 Å². The number of amides is 1. The van der Waals surface area contributed by atoms with E-state index in [9.17, 15) is 9.59 Å². The van der Waals surface area contributed by atoms with Gasteiger partial charge in [-0.1, -0.05) is 0 Å². The van der Waals surface area contributed by atoms with Crippen LogP contribution >= 0.6 is 12.6 Å². The van der Waals surface area contributed by atoms with Gasteiger partial charge in [0, 0.05) is 20.0 Å². The molecule has 1 aliphatic heterocycles. The van der Waals surface area contributed by atoms with E-state index in [-0.39, 0.29) is 17.4 Å². The van der Waals surface area contributed by atoms with Gasteiger partial charge in [0.2, 0.25) is 5.91 Å². The molecule has 1 saturated heterocycles. The van der Waals surface area contributed by atoms with Crippen LogP contribution in [0.3, 0.4) is 0 Å². The fourth-order valence-corrected chi connectivity index (χ4v) is 2.48. The summed E-state index contributed by atoms with van der Waals surface area (Å²) in [4.78, 5) is 24.7. The standard InChI is InChI=1S/C13H16N2O3S/c1-14-10-3-2-9(13(17)18)5-11(10)15-6-8(7-19)4-12(15)16/h2-3,5,8,14,19H,4,6-7H2,1H3,(H,17,18). The van der Waals surface area contributed by atoms with E-state index in [0.717, 1.165) is 5.69 Å². The lowest BCUT2D eigenvalue weighted by molar-refractivity contribution is -0.117. The van der Waals surface area contributed by atoms with Gasteiger partial charge >= 0.3 is 5.97 Å². The maximum Gasteiger partial charge on any atom is 0.335 e. The Bertz CT molecular complexity index is 519. The molecule has 1 aromatic rings. The lowest BCUT2D eigenvalue weighted by Gasteiger charge is -2.20. The topological polar surface area (TPSA) is 69.6 Å². The SMILES string of the molecule is CNc1ccc(C(=O)O)cc1N1CC(CS)CC1=O. The molecular formula is C13H16N2O3S. The van der Waals surface area contributed by atoms with E-state index < -0.39 is 5.97 Å². The number of nitrogens with zero attached hydrogens (tertiary/aromatic N) is 1. The zero-order valence-corrected chi connectivity index (χ0v) is 11.5. The molecular weight excluding hydrogens is 264 g/mol. The first kappa shape index (κ1) is 13.7. The van der Waals surface area contributed by atoms with Gasteiger partial charge in [-0.2, -0.15) is 12.6 Å². The molecule has 1 heterocycles. The number of hydrogen-bond acceptors (Lipinski definition) is 4. The average molecular weight is 280 g/mol. The summed E-state index contributed by atoms with van der Waals surface area (Å²) in [5.74, 6) is -0.121. The largest absolute Gasteiger partial charge is 0.478 e. The second-order valence-corrected chi connectivity index (χ2v) is 4.91. The summed E-state index contributed by atoms with van der Waals surface area (Å²) in [5, 5.41) is 12.0. The molecule has 19 heavy (non-hydrogen) atoms. The van der Waals surface area contributed by atoms with Crippen LogP contribution in [-0.2, 0) is 4.79 Å². The number of hydrogen-bond donors (Lipinski definition) is 3. The van der Waals surface area contributed by atoms with Gasteiger partial charge in [0.25, 0.3) is 0 Å². The highest BCUT2D eigenvalue weighted by atomic mass is 32.1. The number of carbonyl (C=O) groups excluding carboxylic acids is 1. The molecule has 2 N–H and O–H groups in total. The molecule has 5 nitrogen and oxygen atoms in total. The number of nitrogens with one attached hydrogen (secondary N) is 1. The minimum absolute atomic E-state index is 0.0121. The molecule has 1 fully saturated rings. The monoisotopic (exact) mass is 280 g/mol. The van der Waals surface area contributed by atoms with E-state index in [2.05, 4.69) is 17.9 Å². The number of thiol groups is 1. The Morgan fingerprint density at radius 2 is 2.32 bits per heavy atom. The zero-order valence-electron chi connectivity index (χ0n) is 10.6. The molecule has 0 bridgehead atoms. The second-order valence-electron chi connectivity index (χ2n) is 4.54. The minimum Gasteiger partial charge on any atom is -0.478 e. The highest BCUT2D eigenvalue weighted by Gasteiger charge is 2.31. The summed E-state index contributed by atoms with van der Waals surface area (Å²) >= 11 is 4.22. The van der Waals surface area contributed by atoms with Crippen molar-refractivity contribution < 1.29 is 14.7 Å². The Labute approximate surface area is 117 Å². The fraction of sp³-hybridized carbons (Fsp3) is 0.385. The molecule has 1 aliphatic rings. The van der Waals surface area contributed by atoms with Crippen LogP contribution in [0.15, 0.2) is 18.2 Å². The van der Waals surface area contributed by atoms with Crippen molar-refractivity contribution in [3.05, 3.63) is 23.8 Å². The lowest BCUT2D eigenvalue weighted by atomic mass is 10.1. The van der Waals surface area contributed by atoms with Gasteiger partial charge in [-0.3, -0.25) is 4.79 Å². The van der Waals surface area contributed by atoms with Crippen molar-refractivity contribution in [1.29, 1.82) is 0 Å². The predicted octanol–water partition coefficient (Wildman–Crippen LogP) is 1.71. The molecule has 0 aromatic heterocycles. The van der Waals surface area contributed by atoms with Crippen LogP contribution in [0.4, 0.5) is 11.4 Å². The van der Waals surface area contributed by atoms with Crippen molar-refractivity contribution in [2.75, 3.05) is 29.6 Å². The molecule has 1 atom stereocenters. The van der Waals surface area contributed by atoms with E-state index in [1.54, 1.807) is 18.0 Å². The summed E-state index contributed by atoms with van der Waals surface area (Å²) in [5.41, 5.74) is 1.55. The number of carbonyl (C=O) groups is 2. The van der Waals surface area contributed by atoms with Crippen LogP contribution in [0.25, 0.3) is 0 Å². The number of carboxylic acid groups (broad SMARTS) is 1. The van der Waals surface area contributed by atoms with Crippen LogP contribution < -0.4 is 10.2 Å². The Balaban J connectivity index is 2.39. The van der Waals surface area contributed by atoms with Crippen molar-refractivity contribution in [3.63, 3.8) is 0 Å². The van der Waals surface area contributed by atoms with E-state index in [0.29, 0.717) is 24.4 Å². The Morgan fingerprint density at radius 1 is 1.58 bits per heavy atom. The first-order valence-electron chi connectivity index (χ1n) is 6.03. The van der Waals surface area contributed by atoms with Crippen LogP contribution in [0.2, 0.25) is 0 Å². The van der Waals surface area contributed by atoms with Gasteiger partial charge < -0.3 is 15.3 Å². The predicted molar refractivity (Wildman–Crippen MR) is 77.3 cm³/mol. The van der Waals surface area contributed by atoms with E-state index in [4.69, 9.17) is 5.11 Å². The third-order valence-corrected chi connectivity index (χ3v) is 3.78. The third kappa shape index (κ3) is 2.68. The fourth-order valence-electron chi connectivity index (χ4n) is 2.24. The van der Waals surface area contributed by atoms with Gasteiger partial charge in [-0.05, 0) is 29.9 Å². The summed E-state index contributed by atoms with van der Waals surface area (Å²) in [6.07, 6.45) is 0.462. The average Bonchev–Trinajstić information content (AvgIpc) is 2.79. The molecule has 6 heteroatoms. The first-order chi connectivity index (χ1) is 9.06. The molecule has 102 valence electrons. The van der Waals surface area contributed by atoms with Crippen LogP contribution in [0.1, 0.15) is 16.8 Å². The van der Waals surface area contributed by atoms with Crippen molar-refractivity contribution in [3.8, 4) is 0 Å². The molecule has 0 aliphatic carbocycles. The van der Waals surface area contributed by atoms with Crippen molar-refractivity contribution in [1.82, 2.24) is 0 Å². The molecule has 0 radical (unpaired) electrons. The quantitative estimate of drug-likeness (QED) is 0.734. The van der Waals surface area contributed by atoms with E-state index in [1.807, 2.05) is 0 Å². The highest BCUT2D eigenvalue weighted by Crippen LogP contribution is 2.32. The maximum absolute atomic E-state index is 12.0. The maximum atomic E-state index is 12.0. The van der Waals surface area contributed by atoms with Gasteiger partial charge in [0.15, 0.2) is 0 Å². The molecule has 0 saturated carbocycles. The van der Waals surface area contributed by atoms with Crippen molar-refractivity contribution >= 4 is 35.9 Å². The molecule has 1 unspecified atom stereocenters. The summed E-state index contributed by atoms with van der Waals surface area (Å²) in [6.45, 7) is 0.583. The molecule has 1 amide bonds. The van der Waals surface area contributed by atoms with Crippen LogP contribution in [0.5, 0.6) is 0 Å². The lowest BCUT2D eigenvalue weighted by Crippen LogP contribution is -2.26. The zero-order chi connectivity index (χ0) is 14.0. The van der Waals surface area contributed by atoms with Gasteiger partial charge in [0.1, 0.15) is 0 Å². The van der Waals surface area contributed by atoms with Gasteiger partial charge in [-0.25, -0.2) is 4.79 Å². The number of benzene rings is 1. The Hall–Kier alpha value is -1.69. The summed E-state index contributed by atoms with van der Waals surface area (Å²) < 4.78 is 0. The van der Waals surface area contributed by atoms with E-state index in [1.165, 1.54) is 12.1 Å². The van der Waals surface area contributed by atoms with Crippen molar-refractivity contribution in [2.24, 2.45) is 5.92 Å². The highest BCUT2D eigenvalue weighted by molar-refractivity contribution is 7.80. The van der Waals surface area contributed by atoms with Crippen LogP contribution in [0, 0.1) is 5.92 Å². The Morgan fingerprint density at radius 3 is 2.84 bits per heavy atom. The van der Waals surface area contributed by atoms with Gasteiger partial charge in [-0.15, -0.1) is 0 Å². The minimum atomic E-state index is -0.999. The summed E-state index contributed by atoms with van der Waals surface area (Å²) in [6, 6.07) is 4.74. The Kier molecular flexibility index (Phi) is 3.99. The van der Waals surface area contributed by atoms with Crippen molar-refractivity contribution in [2.45, 2.75) is 6.42 Å². The molecule has 2 rings (SSSR count).